The quantitative estimate of drug-likeness (QED) is 0.311. The molecule has 1 heterocycles. The maximum atomic E-state index is 12.8. The van der Waals surface area contributed by atoms with Crippen molar-refractivity contribution < 1.29 is 28.6 Å². The van der Waals surface area contributed by atoms with Crippen LogP contribution in [0.5, 0.6) is 11.5 Å². The van der Waals surface area contributed by atoms with Crippen LogP contribution >= 0.6 is 23.2 Å². The summed E-state index contributed by atoms with van der Waals surface area (Å²) in [6.07, 6.45) is 1.44. The van der Waals surface area contributed by atoms with Gasteiger partial charge in [-0.3, -0.25) is 14.4 Å². The summed E-state index contributed by atoms with van der Waals surface area (Å²) in [6.45, 7) is 7.81. The van der Waals surface area contributed by atoms with Gasteiger partial charge in [0.25, 0.3) is 17.7 Å². The minimum Gasteiger partial charge on any atom is -0.490 e. The summed E-state index contributed by atoms with van der Waals surface area (Å²) >= 11 is 12.0. The van der Waals surface area contributed by atoms with Gasteiger partial charge in [0.15, 0.2) is 18.1 Å². The van der Waals surface area contributed by atoms with Gasteiger partial charge in [-0.05, 0) is 54.8 Å². The summed E-state index contributed by atoms with van der Waals surface area (Å²) in [5.41, 5.74) is 3.30. The van der Waals surface area contributed by atoms with Crippen LogP contribution < -0.4 is 20.2 Å². The molecule has 1 unspecified atom stereocenters. The number of amides is 3. The molecular weight excluding hydrogens is 547 g/mol. The number of benzene rings is 2. The Bertz CT molecular complexity index is 1200. The topological polar surface area (TPSA) is 119 Å². The number of carbonyl (C=O) groups excluding carboxylic acids is 3. The lowest BCUT2D eigenvalue weighted by atomic mass is 10.0. The van der Waals surface area contributed by atoms with Crippen molar-refractivity contribution in [3.8, 4) is 11.5 Å². The van der Waals surface area contributed by atoms with Gasteiger partial charge in [-0.1, -0.05) is 37.0 Å². The Labute approximate surface area is 237 Å². The van der Waals surface area contributed by atoms with Crippen molar-refractivity contribution in [2.75, 3.05) is 39.5 Å². The van der Waals surface area contributed by atoms with Gasteiger partial charge in [-0.15, -0.1) is 0 Å². The van der Waals surface area contributed by atoms with E-state index in [1.165, 1.54) is 18.3 Å². The van der Waals surface area contributed by atoms with Gasteiger partial charge in [0, 0.05) is 18.1 Å². The number of nitrogens with zero attached hydrogens (tertiary/aromatic N) is 2. The molecule has 1 atom stereocenters. The Morgan fingerprint density at radius 2 is 1.82 bits per heavy atom. The van der Waals surface area contributed by atoms with E-state index in [1.807, 2.05) is 6.92 Å². The zero-order valence-electron chi connectivity index (χ0n) is 22.0. The molecule has 2 N–H and O–H groups in total. The fourth-order valence-electron chi connectivity index (χ4n) is 3.70. The molecule has 1 fully saturated rings. The van der Waals surface area contributed by atoms with Gasteiger partial charge in [0.1, 0.15) is 6.04 Å². The average molecular weight is 579 g/mol. The summed E-state index contributed by atoms with van der Waals surface area (Å²) in [5.74, 6) is -0.488. The highest BCUT2D eigenvalue weighted by atomic mass is 35.5. The lowest BCUT2D eigenvalue weighted by molar-refractivity contribution is -0.137. The van der Waals surface area contributed by atoms with Crippen molar-refractivity contribution in [2.24, 2.45) is 11.0 Å². The van der Waals surface area contributed by atoms with Crippen molar-refractivity contribution in [3.05, 3.63) is 57.6 Å². The molecule has 2 aromatic rings. The van der Waals surface area contributed by atoms with E-state index in [0.29, 0.717) is 55.0 Å². The Kier molecular flexibility index (Phi) is 11.4. The van der Waals surface area contributed by atoms with Crippen LogP contribution in [0.1, 0.15) is 36.7 Å². The number of rotatable bonds is 11. The number of halogens is 2. The van der Waals surface area contributed by atoms with E-state index in [0.717, 1.165) is 0 Å². The van der Waals surface area contributed by atoms with E-state index in [9.17, 15) is 14.4 Å². The van der Waals surface area contributed by atoms with Crippen LogP contribution in [0.25, 0.3) is 0 Å². The Morgan fingerprint density at radius 3 is 2.49 bits per heavy atom. The third-order valence-electron chi connectivity index (χ3n) is 5.78. The zero-order valence-corrected chi connectivity index (χ0v) is 23.6. The van der Waals surface area contributed by atoms with Crippen molar-refractivity contribution in [1.82, 2.24) is 15.6 Å². The summed E-state index contributed by atoms with van der Waals surface area (Å²) in [7, 11) is 0. The number of hydrazone groups is 1. The van der Waals surface area contributed by atoms with Gasteiger partial charge in [-0.25, -0.2) is 5.43 Å². The van der Waals surface area contributed by atoms with E-state index >= 15 is 0 Å². The summed E-state index contributed by atoms with van der Waals surface area (Å²) in [4.78, 5) is 39.6. The molecule has 1 aliphatic heterocycles. The van der Waals surface area contributed by atoms with Gasteiger partial charge < -0.3 is 24.4 Å². The molecule has 0 bridgehead atoms. The van der Waals surface area contributed by atoms with E-state index < -0.39 is 17.9 Å². The molecule has 3 rings (SSSR count). The van der Waals surface area contributed by atoms with Crippen LogP contribution in [0, 0.1) is 5.92 Å². The number of ether oxygens (including phenoxy) is 3. The summed E-state index contributed by atoms with van der Waals surface area (Å²) in [6, 6.07) is 8.73. The number of hydrogen-bond acceptors (Lipinski definition) is 7. The summed E-state index contributed by atoms with van der Waals surface area (Å²) in [5, 5.41) is 7.31. The normalized spacial score (nSPS) is 14.3. The highest BCUT2D eigenvalue weighted by molar-refractivity contribution is 6.36. The van der Waals surface area contributed by atoms with E-state index in [1.54, 1.807) is 43.0 Å². The van der Waals surface area contributed by atoms with Crippen LogP contribution in [0.15, 0.2) is 41.5 Å². The van der Waals surface area contributed by atoms with Gasteiger partial charge >= 0.3 is 0 Å². The van der Waals surface area contributed by atoms with Crippen molar-refractivity contribution in [1.29, 1.82) is 0 Å². The van der Waals surface area contributed by atoms with Crippen molar-refractivity contribution in [2.45, 2.75) is 26.8 Å². The molecule has 39 heavy (non-hydrogen) atoms. The van der Waals surface area contributed by atoms with E-state index in [2.05, 4.69) is 15.8 Å². The second-order valence-corrected chi connectivity index (χ2v) is 9.82. The molecule has 2 aromatic carbocycles. The Hall–Kier alpha value is -3.34. The first-order chi connectivity index (χ1) is 18.7. The SMILES string of the molecule is CCOc1cc(/C=N\NC(=O)C(NC(=O)c2ccc(Cl)cc2Cl)C(C)C)ccc1OCC(=O)N1CCOCC1. The number of morpholine rings is 1. The third-order valence-corrected chi connectivity index (χ3v) is 6.33. The standard InChI is InChI=1S/C27H32Cl2N4O6/c1-4-38-23-13-18(5-8-22(23)39-16-24(34)33-9-11-37-12-10-33)15-30-32-27(36)25(17(2)3)31-26(35)20-7-6-19(28)14-21(20)29/h5-8,13-15,17,25H,4,9-12,16H2,1-3H3,(H,31,35)(H,32,36)/b30-15-. The second kappa shape index (κ2) is 14.7. The van der Waals surface area contributed by atoms with Gasteiger partial charge in [0.05, 0.1) is 36.6 Å². The molecule has 1 aliphatic rings. The number of nitrogens with one attached hydrogen (secondary N) is 2. The molecule has 0 aliphatic carbocycles. The smallest absolute Gasteiger partial charge is 0.262 e. The average Bonchev–Trinajstić information content (AvgIpc) is 2.91. The van der Waals surface area contributed by atoms with Crippen LogP contribution in [-0.2, 0) is 14.3 Å². The molecule has 3 amide bonds. The van der Waals surface area contributed by atoms with Crippen molar-refractivity contribution >= 4 is 47.1 Å². The summed E-state index contributed by atoms with van der Waals surface area (Å²) < 4.78 is 16.7. The van der Waals surface area contributed by atoms with Crippen molar-refractivity contribution in [3.63, 3.8) is 0 Å². The van der Waals surface area contributed by atoms with Gasteiger partial charge in [-0.2, -0.15) is 5.10 Å². The minimum atomic E-state index is -0.861. The first-order valence-electron chi connectivity index (χ1n) is 12.5. The highest BCUT2D eigenvalue weighted by Crippen LogP contribution is 2.28. The van der Waals surface area contributed by atoms with Crippen LogP contribution in [0.3, 0.4) is 0 Å². The van der Waals surface area contributed by atoms with E-state index in [-0.39, 0.29) is 29.0 Å². The molecule has 1 saturated heterocycles. The largest absolute Gasteiger partial charge is 0.490 e. The number of carbonyl (C=O) groups is 3. The Balaban J connectivity index is 1.61. The lowest BCUT2D eigenvalue weighted by Crippen LogP contribution is -2.48. The monoisotopic (exact) mass is 578 g/mol. The molecular formula is C27H32Cl2N4O6. The van der Waals surface area contributed by atoms with E-state index in [4.69, 9.17) is 37.4 Å². The molecule has 0 aromatic heterocycles. The zero-order chi connectivity index (χ0) is 28.4. The maximum absolute atomic E-state index is 12.8. The fourth-order valence-corrected chi connectivity index (χ4v) is 4.20. The highest BCUT2D eigenvalue weighted by Gasteiger charge is 2.25. The Morgan fingerprint density at radius 1 is 1.08 bits per heavy atom. The van der Waals surface area contributed by atoms with Gasteiger partial charge in [0.2, 0.25) is 0 Å². The minimum absolute atomic E-state index is 0.118. The number of hydrogen-bond donors (Lipinski definition) is 2. The van der Waals surface area contributed by atoms with Crippen LogP contribution in [0.4, 0.5) is 0 Å². The molecule has 0 saturated carbocycles. The molecule has 10 nitrogen and oxygen atoms in total. The molecule has 0 spiro atoms. The predicted molar refractivity (Wildman–Crippen MR) is 149 cm³/mol. The first-order valence-corrected chi connectivity index (χ1v) is 13.3. The molecule has 0 radical (unpaired) electrons. The lowest BCUT2D eigenvalue weighted by Gasteiger charge is -2.26. The van der Waals surface area contributed by atoms with Crippen LogP contribution in [0.2, 0.25) is 10.0 Å². The predicted octanol–water partition coefficient (Wildman–Crippen LogP) is 3.53. The maximum Gasteiger partial charge on any atom is 0.262 e. The fraction of sp³-hybridized carbons (Fsp3) is 0.407. The second-order valence-electron chi connectivity index (χ2n) is 8.97. The van der Waals surface area contributed by atoms with Crippen LogP contribution in [-0.4, -0.2) is 74.4 Å². The molecule has 210 valence electrons. The first kappa shape index (κ1) is 30.2. The molecule has 12 heteroatoms. The third kappa shape index (κ3) is 8.84.